The van der Waals surface area contributed by atoms with Gasteiger partial charge in [-0.1, -0.05) is 24.6 Å². The second-order valence-electron chi connectivity index (χ2n) is 4.88. The van der Waals surface area contributed by atoms with E-state index in [1.165, 1.54) is 11.8 Å². The molecular weight excluding hydrogens is 252 g/mol. The van der Waals surface area contributed by atoms with Gasteiger partial charge in [-0.15, -0.1) is 0 Å². The second kappa shape index (κ2) is 6.43. The Bertz CT molecular complexity index is 324. The first-order valence-electron chi connectivity index (χ1n) is 6.56. The molecule has 6 heteroatoms. The predicted molar refractivity (Wildman–Crippen MR) is 70.4 cm³/mol. The summed E-state index contributed by atoms with van der Waals surface area (Å²) in [5.74, 6) is 0.757. The average molecular weight is 272 g/mol. The number of hydrogen-bond donors (Lipinski definition) is 2. The van der Waals surface area contributed by atoms with Crippen molar-refractivity contribution in [2.45, 2.75) is 44.2 Å². The SMILES string of the molecule is O=C(CCN1CCSC1=O)NC1CCCCC1O. The molecule has 2 unspecified atom stereocenters. The van der Waals surface area contributed by atoms with Crippen molar-refractivity contribution in [1.82, 2.24) is 10.2 Å². The third-order valence-electron chi connectivity index (χ3n) is 3.53. The Morgan fingerprint density at radius 1 is 1.44 bits per heavy atom. The summed E-state index contributed by atoms with van der Waals surface area (Å²) in [6.45, 7) is 1.23. The van der Waals surface area contributed by atoms with Crippen LogP contribution in [0.5, 0.6) is 0 Å². The van der Waals surface area contributed by atoms with E-state index in [-0.39, 0.29) is 17.2 Å². The standard InChI is InChI=1S/C12H20N2O3S/c15-10-4-2-1-3-9(10)13-11(16)5-6-14-7-8-18-12(14)17/h9-10,15H,1-8H2,(H,13,16). The number of carbonyl (C=O) groups excluding carboxylic acids is 2. The van der Waals surface area contributed by atoms with Gasteiger partial charge in [-0.2, -0.15) is 0 Å². The van der Waals surface area contributed by atoms with E-state index in [0.717, 1.165) is 38.0 Å². The van der Waals surface area contributed by atoms with E-state index in [4.69, 9.17) is 0 Å². The van der Waals surface area contributed by atoms with Crippen LogP contribution >= 0.6 is 11.8 Å². The van der Waals surface area contributed by atoms with Gasteiger partial charge in [0.15, 0.2) is 0 Å². The van der Waals surface area contributed by atoms with E-state index in [0.29, 0.717) is 13.0 Å². The van der Waals surface area contributed by atoms with Gasteiger partial charge in [-0.05, 0) is 12.8 Å². The van der Waals surface area contributed by atoms with Crippen LogP contribution in [0.15, 0.2) is 0 Å². The molecule has 0 aromatic carbocycles. The molecule has 1 aliphatic heterocycles. The van der Waals surface area contributed by atoms with Crippen LogP contribution in [0.4, 0.5) is 4.79 Å². The van der Waals surface area contributed by atoms with Gasteiger partial charge in [0, 0.05) is 25.3 Å². The molecular formula is C12H20N2O3S. The Labute approximate surface area is 111 Å². The Morgan fingerprint density at radius 2 is 2.22 bits per heavy atom. The third-order valence-corrected chi connectivity index (χ3v) is 4.42. The molecule has 1 aliphatic carbocycles. The molecule has 0 radical (unpaired) electrons. The lowest BCUT2D eigenvalue weighted by Gasteiger charge is -2.28. The molecule has 1 saturated carbocycles. The minimum Gasteiger partial charge on any atom is -0.391 e. The highest BCUT2D eigenvalue weighted by Crippen LogP contribution is 2.19. The highest BCUT2D eigenvalue weighted by atomic mass is 32.2. The second-order valence-corrected chi connectivity index (χ2v) is 5.92. The Kier molecular flexibility index (Phi) is 4.88. The molecule has 2 fully saturated rings. The predicted octanol–water partition coefficient (Wildman–Crippen LogP) is 0.965. The fourth-order valence-corrected chi connectivity index (χ4v) is 3.28. The normalized spacial score (nSPS) is 28.5. The van der Waals surface area contributed by atoms with Crippen molar-refractivity contribution in [3.8, 4) is 0 Å². The topological polar surface area (TPSA) is 69.6 Å². The number of carbonyl (C=O) groups is 2. The highest BCUT2D eigenvalue weighted by molar-refractivity contribution is 8.13. The number of rotatable bonds is 4. The third kappa shape index (κ3) is 3.62. The minimum absolute atomic E-state index is 0.0642. The van der Waals surface area contributed by atoms with E-state index < -0.39 is 6.10 Å². The zero-order valence-electron chi connectivity index (χ0n) is 10.4. The van der Waals surface area contributed by atoms with Crippen molar-refractivity contribution in [3.63, 3.8) is 0 Å². The zero-order valence-corrected chi connectivity index (χ0v) is 11.2. The molecule has 2 rings (SSSR count). The summed E-state index contributed by atoms with van der Waals surface area (Å²) in [4.78, 5) is 24.8. The van der Waals surface area contributed by atoms with Crippen LogP contribution in [0, 0.1) is 0 Å². The first-order valence-corrected chi connectivity index (χ1v) is 7.54. The van der Waals surface area contributed by atoms with Gasteiger partial charge >= 0.3 is 0 Å². The molecule has 2 atom stereocenters. The zero-order chi connectivity index (χ0) is 13.0. The summed E-state index contributed by atoms with van der Waals surface area (Å²) in [5.41, 5.74) is 0. The smallest absolute Gasteiger partial charge is 0.281 e. The maximum absolute atomic E-state index is 11.8. The van der Waals surface area contributed by atoms with Gasteiger partial charge < -0.3 is 15.3 Å². The van der Waals surface area contributed by atoms with Crippen LogP contribution in [-0.2, 0) is 4.79 Å². The van der Waals surface area contributed by atoms with Crippen LogP contribution in [-0.4, -0.2) is 52.1 Å². The van der Waals surface area contributed by atoms with E-state index in [2.05, 4.69) is 5.32 Å². The first kappa shape index (κ1) is 13.7. The highest BCUT2D eigenvalue weighted by Gasteiger charge is 2.25. The summed E-state index contributed by atoms with van der Waals surface area (Å²) < 4.78 is 0. The Balaban J connectivity index is 1.69. The number of aliphatic hydroxyl groups excluding tert-OH is 1. The van der Waals surface area contributed by atoms with Gasteiger partial charge in [-0.3, -0.25) is 9.59 Å². The Morgan fingerprint density at radius 3 is 2.89 bits per heavy atom. The van der Waals surface area contributed by atoms with Crippen molar-refractivity contribution in [1.29, 1.82) is 0 Å². The summed E-state index contributed by atoms with van der Waals surface area (Å²) in [6.07, 6.45) is 3.63. The molecule has 0 spiro atoms. The maximum Gasteiger partial charge on any atom is 0.281 e. The number of nitrogens with zero attached hydrogens (tertiary/aromatic N) is 1. The minimum atomic E-state index is -0.410. The monoisotopic (exact) mass is 272 g/mol. The summed E-state index contributed by atoms with van der Waals surface area (Å²) in [5, 5.41) is 12.7. The molecule has 2 N–H and O–H groups in total. The average Bonchev–Trinajstić information content (AvgIpc) is 2.75. The van der Waals surface area contributed by atoms with Gasteiger partial charge in [0.25, 0.3) is 5.24 Å². The van der Waals surface area contributed by atoms with Crippen LogP contribution in [0.2, 0.25) is 0 Å². The molecule has 5 nitrogen and oxygen atoms in total. The van der Waals surface area contributed by atoms with Crippen molar-refractivity contribution < 1.29 is 14.7 Å². The summed E-state index contributed by atoms with van der Waals surface area (Å²) >= 11 is 1.31. The van der Waals surface area contributed by atoms with Crippen molar-refractivity contribution in [3.05, 3.63) is 0 Å². The quantitative estimate of drug-likeness (QED) is 0.800. The van der Waals surface area contributed by atoms with Crippen LogP contribution in [0.1, 0.15) is 32.1 Å². The van der Waals surface area contributed by atoms with Gasteiger partial charge in [0.2, 0.25) is 5.91 Å². The number of amides is 2. The molecule has 2 aliphatic rings. The van der Waals surface area contributed by atoms with Crippen LogP contribution < -0.4 is 5.32 Å². The molecule has 0 aromatic rings. The number of nitrogens with one attached hydrogen (secondary N) is 1. The van der Waals surface area contributed by atoms with E-state index >= 15 is 0 Å². The van der Waals surface area contributed by atoms with Crippen molar-refractivity contribution in [2.75, 3.05) is 18.8 Å². The number of hydrogen-bond acceptors (Lipinski definition) is 4. The van der Waals surface area contributed by atoms with Crippen LogP contribution in [0.3, 0.4) is 0 Å². The van der Waals surface area contributed by atoms with E-state index in [1.54, 1.807) is 4.90 Å². The fourth-order valence-electron chi connectivity index (χ4n) is 2.42. The largest absolute Gasteiger partial charge is 0.391 e. The van der Waals surface area contributed by atoms with E-state index in [9.17, 15) is 14.7 Å². The van der Waals surface area contributed by atoms with Gasteiger partial charge in [0.1, 0.15) is 0 Å². The molecule has 0 aromatic heterocycles. The summed E-state index contributed by atoms with van der Waals surface area (Å²) in [7, 11) is 0. The van der Waals surface area contributed by atoms with Gasteiger partial charge in [0.05, 0.1) is 12.1 Å². The lowest BCUT2D eigenvalue weighted by Crippen LogP contribution is -2.45. The summed E-state index contributed by atoms with van der Waals surface area (Å²) in [6, 6.07) is -0.102. The molecule has 2 amide bonds. The number of aliphatic hydroxyl groups is 1. The lowest BCUT2D eigenvalue weighted by atomic mass is 9.92. The van der Waals surface area contributed by atoms with Crippen molar-refractivity contribution in [2.24, 2.45) is 0 Å². The van der Waals surface area contributed by atoms with Gasteiger partial charge in [-0.25, -0.2) is 0 Å². The maximum atomic E-state index is 11.8. The van der Waals surface area contributed by atoms with E-state index in [1.807, 2.05) is 0 Å². The van der Waals surface area contributed by atoms with Crippen molar-refractivity contribution >= 4 is 22.9 Å². The first-order chi connectivity index (χ1) is 8.66. The fraction of sp³-hybridized carbons (Fsp3) is 0.833. The molecule has 1 heterocycles. The molecule has 102 valence electrons. The van der Waals surface area contributed by atoms with Crippen LogP contribution in [0.25, 0.3) is 0 Å². The Hall–Kier alpha value is -0.750. The number of thioether (sulfide) groups is 1. The molecule has 18 heavy (non-hydrogen) atoms. The lowest BCUT2D eigenvalue weighted by molar-refractivity contribution is -0.123. The molecule has 0 bridgehead atoms. The molecule has 1 saturated heterocycles.